The van der Waals surface area contributed by atoms with Crippen LogP contribution in [0.3, 0.4) is 0 Å². The van der Waals surface area contributed by atoms with Gasteiger partial charge in [-0.2, -0.15) is 0 Å². The number of carbonyl (C=O) groups excluding carboxylic acids is 1. The van der Waals surface area contributed by atoms with Gasteiger partial charge >= 0.3 is 11.9 Å². The van der Waals surface area contributed by atoms with Gasteiger partial charge in [0.2, 0.25) is 6.29 Å². The quantitative estimate of drug-likeness (QED) is 0.394. The van der Waals surface area contributed by atoms with Crippen LogP contribution in [0.15, 0.2) is 18.2 Å². The van der Waals surface area contributed by atoms with Crippen LogP contribution in [-0.2, 0) is 25.5 Å². The molecule has 0 aliphatic carbocycles. The number of phenolic OH excluding ortho intramolecular Hbond substituents is 1. The van der Waals surface area contributed by atoms with E-state index in [1.54, 1.807) is 0 Å². The van der Waals surface area contributed by atoms with Gasteiger partial charge in [0.05, 0.1) is 0 Å². The second kappa shape index (κ2) is 7.69. The first-order chi connectivity index (χ1) is 12.7. The molecule has 1 aromatic carbocycles. The Morgan fingerprint density at radius 3 is 2.52 bits per heavy atom. The minimum absolute atomic E-state index is 0.0473. The van der Waals surface area contributed by atoms with Crippen molar-refractivity contribution >= 4 is 11.9 Å². The van der Waals surface area contributed by atoms with E-state index in [1.165, 1.54) is 18.2 Å². The first kappa shape index (κ1) is 19.4. The van der Waals surface area contributed by atoms with Crippen LogP contribution >= 0.6 is 0 Å². The third kappa shape index (κ3) is 4.30. The smallest absolute Gasteiger partial charge is 0.335 e. The number of hydrogen-bond acceptors (Lipinski definition) is 9. The highest BCUT2D eigenvalue weighted by molar-refractivity contribution is 5.73. The summed E-state index contributed by atoms with van der Waals surface area (Å²) in [4.78, 5) is 22.3. The maximum atomic E-state index is 11.2. The van der Waals surface area contributed by atoms with E-state index >= 15 is 0 Å². The number of benzene rings is 1. The summed E-state index contributed by atoms with van der Waals surface area (Å²) in [5, 5.41) is 48.4. The third-order valence-electron chi connectivity index (χ3n) is 4.45. The molecular formula is C17H20O10. The first-order valence-electron chi connectivity index (χ1n) is 8.36. The molecule has 0 bridgehead atoms. The highest BCUT2D eigenvalue weighted by Crippen LogP contribution is 2.29. The fourth-order valence-electron chi connectivity index (χ4n) is 3.10. The number of phenols is 1. The van der Waals surface area contributed by atoms with Gasteiger partial charge in [-0.25, -0.2) is 4.79 Å². The molecule has 27 heavy (non-hydrogen) atoms. The standard InChI is InChI=1S/C17H20O10/c18-8-3-7(4-9-1-2-11(19)25-9)5-10(6-8)26-17-14(22)12(20)13(21)15(27-17)16(23)24/h3,5-6,9,12-15,17-18,20-22H,1-2,4H2,(H,23,24)/t9-,12+,13+,14-,15+,17-/m1/s1. The zero-order chi connectivity index (χ0) is 19.7. The molecule has 0 spiro atoms. The van der Waals surface area contributed by atoms with E-state index in [1.807, 2.05) is 0 Å². The van der Waals surface area contributed by atoms with Gasteiger partial charge in [0.1, 0.15) is 35.9 Å². The van der Waals surface area contributed by atoms with Crippen molar-refractivity contribution in [2.24, 2.45) is 0 Å². The lowest BCUT2D eigenvalue weighted by Gasteiger charge is -2.38. The van der Waals surface area contributed by atoms with Crippen molar-refractivity contribution in [2.45, 2.75) is 56.1 Å². The van der Waals surface area contributed by atoms with Gasteiger partial charge in [0, 0.05) is 18.9 Å². The maximum Gasteiger partial charge on any atom is 0.335 e. The lowest BCUT2D eigenvalue weighted by Crippen LogP contribution is -2.61. The lowest BCUT2D eigenvalue weighted by atomic mass is 9.99. The van der Waals surface area contributed by atoms with Gasteiger partial charge in [-0.15, -0.1) is 0 Å². The van der Waals surface area contributed by atoms with Crippen LogP contribution in [0.1, 0.15) is 18.4 Å². The van der Waals surface area contributed by atoms with Crippen molar-refractivity contribution in [1.82, 2.24) is 0 Å². The third-order valence-corrected chi connectivity index (χ3v) is 4.45. The SMILES string of the molecule is O=C1CC[C@H](Cc2cc(O)cc(O[C@@H]3O[C@H](C(=O)O)[C@@H](O)[C@H](O)[C@H]3O)c2)O1. The number of rotatable bonds is 5. The van der Waals surface area contributed by atoms with Crippen LogP contribution in [0.4, 0.5) is 0 Å². The van der Waals surface area contributed by atoms with Crippen molar-refractivity contribution in [1.29, 1.82) is 0 Å². The fraction of sp³-hybridized carbons (Fsp3) is 0.529. The van der Waals surface area contributed by atoms with Crippen LogP contribution in [0.25, 0.3) is 0 Å². The monoisotopic (exact) mass is 384 g/mol. The average molecular weight is 384 g/mol. The molecule has 3 rings (SSSR count). The summed E-state index contributed by atoms with van der Waals surface area (Å²) in [5.41, 5.74) is 0.588. The Labute approximate surface area is 153 Å². The van der Waals surface area contributed by atoms with Crippen LogP contribution in [0.2, 0.25) is 0 Å². The normalized spacial score (nSPS) is 33.5. The van der Waals surface area contributed by atoms with Crippen LogP contribution in [0.5, 0.6) is 11.5 Å². The molecule has 2 aliphatic rings. The number of aromatic hydroxyl groups is 1. The molecule has 2 heterocycles. The lowest BCUT2D eigenvalue weighted by molar-refractivity contribution is -0.271. The zero-order valence-electron chi connectivity index (χ0n) is 14.1. The summed E-state index contributed by atoms with van der Waals surface area (Å²) in [6.07, 6.45) is -7.80. The highest BCUT2D eigenvalue weighted by atomic mass is 16.7. The second-order valence-electron chi connectivity index (χ2n) is 6.54. The van der Waals surface area contributed by atoms with E-state index in [0.717, 1.165) is 0 Å². The molecule has 10 heteroatoms. The molecule has 1 aromatic rings. The molecule has 148 valence electrons. The number of carbonyl (C=O) groups is 2. The molecule has 0 saturated carbocycles. The Morgan fingerprint density at radius 1 is 1.15 bits per heavy atom. The second-order valence-corrected chi connectivity index (χ2v) is 6.54. The fourth-order valence-corrected chi connectivity index (χ4v) is 3.10. The number of hydrogen-bond donors (Lipinski definition) is 5. The first-order valence-corrected chi connectivity index (χ1v) is 8.36. The summed E-state index contributed by atoms with van der Waals surface area (Å²) in [5.74, 6) is -1.93. The Morgan fingerprint density at radius 2 is 1.89 bits per heavy atom. The number of carboxylic acids is 1. The number of aliphatic hydroxyl groups excluding tert-OH is 3. The van der Waals surface area contributed by atoms with E-state index in [9.17, 15) is 30.0 Å². The molecule has 0 unspecified atom stereocenters. The predicted molar refractivity (Wildman–Crippen MR) is 85.9 cm³/mol. The largest absolute Gasteiger partial charge is 0.508 e. The Balaban J connectivity index is 1.74. The van der Waals surface area contributed by atoms with E-state index in [-0.39, 0.29) is 23.6 Å². The summed E-state index contributed by atoms with van der Waals surface area (Å²) < 4.78 is 15.6. The highest BCUT2D eigenvalue weighted by Gasteiger charge is 2.48. The Hall–Kier alpha value is -2.40. The minimum atomic E-state index is -1.82. The predicted octanol–water partition coefficient (Wildman–Crippen LogP) is -1.09. The molecule has 10 nitrogen and oxygen atoms in total. The number of aliphatic hydroxyl groups is 3. The maximum absolute atomic E-state index is 11.2. The molecule has 0 amide bonds. The summed E-state index contributed by atoms with van der Waals surface area (Å²) >= 11 is 0. The van der Waals surface area contributed by atoms with Crippen molar-refractivity contribution in [3.63, 3.8) is 0 Å². The molecule has 5 N–H and O–H groups in total. The summed E-state index contributed by atoms with van der Waals surface area (Å²) in [7, 11) is 0. The van der Waals surface area contributed by atoms with E-state index in [0.29, 0.717) is 24.8 Å². The summed E-state index contributed by atoms with van der Waals surface area (Å²) in [6.45, 7) is 0. The average Bonchev–Trinajstić information content (AvgIpc) is 2.99. The number of aliphatic carboxylic acids is 1. The molecule has 2 aliphatic heterocycles. The molecule has 2 saturated heterocycles. The van der Waals surface area contributed by atoms with Crippen molar-refractivity contribution in [3.8, 4) is 11.5 Å². The van der Waals surface area contributed by atoms with E-state index in [4.69, 9.17) is 19.3 Å². The Bertz CT molecular complexity index is 720. The molecule has 2 fully saturated rings. The van der Waals surface area contributed by atoms with Crippen molar-refractivity contribution in [3.05, 3.63) is 23.8 Å². The number of ether oxygens (including phenoxy) is 3. The molecule has 0 radical (unpaired) electrons. The van der Waals surface area contributed by atoms with E-state index in [2.05, 4.69) is 0 Å². The van der Waals surface area contributed by atoms with Crippen LogP contribution < -0.4 is 4.74 Å². The molecule has 0 aromatic heterocycles. The number of esters is 1. The molecule has 6 atom stereocenters. The van der Waals surface area contributed by atoms with Crippen LogP contribution in [0, 0.1) is 0 Å². The van der Waals surface area contributed by atoms with Gasteiger partial charge < -0.3 is 39.7 Å². The van der Waals surface area contributed by atoms with Crippen molar-refractivity contribution < 1.29 is 49.3 Å². The van der Waals surface area contributed by atoms with Crippen LogP contribution in [-0.4, -0.2) is 74.3 Å². The van der Waals surface area contributed by atoms with Gasteiger partial charge in [-0.3, -0.25) is 4.79 Å². The topological polar surface area (TPSA) is 163 Å². The minimum Gasteiger partial charge on any atom is -0.508 e. The number of carboxylic acid groups (broad SMARTS) is 1. The zero-order valence-corrected chi connectivity index (χ0v) is 14.1. The van der Waals surface area contributed by atoms with Gasteiger partial charge in [0.15, 0.2) is 6.10 Å². The van der Waals surface area contributed by atoms with Gasteiger partial charge in [0.25, 0.3) is 0 Å². The summed E-state index contributed by atoms with van der Waals surface area (Å²) in [6, 6.07) is 4.18. The van der Waals surface area contributed by atoms with E-state index < -0.39 is 36.7 Å². The number of cyclic esters (lactones) is 1. The van der Waals surface area contributed by atoms with Crippen molar-refractivity contribution in [2.75, 3.05) is 0 Å². The van der Waals surface area contributed by atoms with Gasteiger partial charge in [-0.05, 0) is 24.1 Å². The molecular weight excluding hydrogens is 364 g/mol. The Kier molecular flexibility index (Phi) is 5.51. The van der Waals surface area contributed by atoms with Gasteiger partial charge in [-0.1, -0.05) is 0 Å².